The van der Waals surface area contributed by atoms with Crippen molar-refractivity contribution in [3.8, 4) is 11.3 Å². The van der Waals surface area contributed by atoms with Crippen LogP contribution in [0.25, 0.3) is 16.8 Å². The topological polar surface area (TPSA) is 114 Å². The summed E-state index contributed by atoms with van der Waals surface area (Å²) in [5.74, 6) is -1.48. The average molecular weight is 581 g/mol. The Morgan fingerprint density at radius 2 is 1.90 bits per heavy atom. The summed E-state index contributed by atoms with van der Waals surface area (Å²) in [5.41, 5.74) is 6.24. The van der Waals surface area contributed by atoms with Crippen molar-refractivity contribution in [3.63, 3.8) is 0 Å². The number of piperidine rings is 1. The quantitative estimate of drug-likeness (QED) is 0.356. The standard InChI is InChI=1S/C29H31F3N8O2/c1-16-12-39(13-22(33)27(16)38(3)17(2)41)25-6-7-34-11-24(25)36-28-35-10-19-4-5-23(37-40(19)28)26-20(30)8-18(9-21(26)31)29(32)14-42-15-29/h4-11,16,22,27H,12-15,33H2,1-3H3,(H,35,36)/t16-,22+,27-/m0/s1. The van der Waals surface area contributed by atoms with Crippen molar-refractivity contribution in [2.45, 2.75) is 31.6 Å². The fourth-order valence-corrected chi connectivity index (χ4v) is 5.90. The Bertz CT molecular complexity index is 1620. The van der Waals surface area contributed by atoms with Crippen molar-refractivity contribution >= 4 is 28.7 Å². The number of nitrogens with one attached hydrogen (secondary N) is 1. The first-order chi connectivity index (χ1) is 20.1. The van der Waals surface area contributed by atoms with Gasteiger partial charge in [0, 0.05) is 39.3 Å². The van der Waals surface area contributed by atoms with Crippen LogP contribution in [-0.2, 0) is 15.2 Å². The molecule has 0 aliphatic carbocycles. The summed E-state index contributed by atoms with van der Waals surface area (Å²) in [5, 5.41) is 7.72. The van der Waals surface area contributed by atoms with Gasteiger partial charge in [0.15, 0.2) is 5.67 Å². The number of carbonyl (C=O) groups excluding carboxylic acids is 1. The molecule has 13 heteroatoms. The number of imidazole rings is 1. The molecule has 0 spiro atoms. The number of likely N-dealkylation sites (N-methyl/N-ethyl adjacent to an activating group) is 1. The monoisotopic (exact) mass is 580 g/mol. The lowest BCUT2D eigenvalue weighted by Gasteiger charge is -2.46. The minimum atomic E-state index is -1.90. The number of alkyl halides is 1. The van der Waals surface area contributed by atoms with Crippen LogP contribution in [-0.4, -0.2) is 75.8 Å². The van der Waals surface area contributed by atoms with Crippen molar-refractivity contribution < 1.29 is 22.7 Å². The number of pyridine rings is 1. The van der Waals surface area contributed by atoms with E-state index in [2.05, 4.69) is 32.2 Å². The van der Waals surface area contributed by atoms with Crippen molar-refractivity contribution in [2.24, 2.45) is 11.7 Å². The second kappa shape index (κ2) is 10.6. The molecule has 10 nitrogen and oxygen atoms in total. The molecule has 1 aromatic carbocycles. The zero-order valence-electron chi connectivity index (χ0n) is 23.4. The van der Waals surface area contributed by atoms with E-state index in [0.29, 0.717) is 30.2 Å². The van der Waals surface area contributed by atoms with E-state index < -0.39 is 17.3 Å². The van der Waals surface area contributed by atoms with Gasteiger partial charge in [-0.2, -0.15) is 9.61 Å². The Hall–Kier alpha value is -4.23. The van der Waals surface area contributed by atoms with Crippen molar-refractivity contribution in [1.29, 1.82) is 0 Å². The number of nitrogens with two attached hydrogens (primary N) is 1. The van der Waals surface area contributed by atoms with Crippen LogP contribution in [0.1, 0.15) is 19.4 Å². The minimum absolute atomic E-state index is 0.0192. The molecule has 3 atom stereocenters. The molecule has 2 saturated heterocycles. The van der Waals surface area contributed by atoms with Crippen LogP contribution in [0.5, 0.6) is 0 Å². The predicted molar refractivity (Wildman–Crippen MR) is 151 cm³/mol. The van der Waals surface area contributed by atoms with Crippen LogP contribution in [0.15, 0.2) is 48.9 Å². The summed E-state index contributed by atoms with van der Waals surface area (Å²) in [6.45, 7) is 4.28. The Morgan fingerprint density at radius 1 is 1.17 bits per heavy atom. The van der Waals surface area contributed by atoms with E-state index in [1.807, 2.05) is 6.07 Å². The van der Waals surface area contributed by atoms with Crippen molar-refractivity contribution in [2.75, 3.05) is 43.6 Å². The number of hydrogen-bond acceptors (Lipinski definition) is 8. The summed E-state index contributed by atoms with van der Waals surface area (Å²) >= 11 is 0. The number of amides is 1. The third kappa shape index (κ3) is 4.81. The maximum absolute atomic E-state index is 15.1. The predicted octanol–water partition coefficient (Wildman–Crippen LogP) is 3.64. The fourth-order valence-electron chi connectivity index (χ4n) is 5.90. The van der Waals surface area contributed by atoms with Gasteiger partial charge in [0.05, 0.1) is 59.8 Å². The van der Waals surface area contributed by atoms with Crippen LogP contribution in [0.3, 0.4) is 0 Å². The normalized spacial score (nSPS) is 21.7. The lowest BCUT2D eigenvalue weighted by molar-refractivity contribution is -0.135. The summed E-state index contributed by atoms with van der Waals surface area (Å²) in [6, 6.07) is 6.60. The molecule has 3 aromatic heterocycles. The molecule has 3 N–H and O–H groups in total. The minimum Gasteiger partial charge on any atom is -0.374 e. The lowest BCUT2D eigenvalue weighted by atomic mass is 9.88. The van der Waals surface area contributed by atoms with Gasteiger partial charge in [-0.05, 0) is 41.8 Å². The van der Waals surface area contributed by atoms with Gasteiger partial charge in [-0.1, -0.05) is 6.92 Å². The average Bonchev–Trinajstić information content (AvgIpc) is 3.33. The van der Waals surface area contributed by atoms with Gasteiger partial charge in [0.2, 0.25) is 11.9 Å². The fraction of sp³-hybridized carbons (Fsp3) is 0.379. The van der Waals surface area contributed by atoms with E-state index in [9.17, 15) is 9.18 Å². The highest BCUT2D eigenvalue weighted by atomic mass is 19.1. The molecule has 2 aliphatic heterocycles. The second-order valence-corrected chi connectivity index (χ2v) is 11.1. The van der Waals surface area contributed by atoms with Crippen LogP contribution in [0, 0.1) is 17.6 Å². The first-order valence-corrected chi connectivity index (χ1v) is 13.6. The van der Waals surface area contributed by atoms with Gasteiger partial charge >= 0.3 is 0 Å². The highest BCUT2D eigenvalue weighted by Crippen LogP contribution is 2.37. The van der Waals surface area contributed by atoms with Crippen LogP contribution >= 0.6 is 0 Å². The number of anilines is 3. The Kier molecular flexibility index (Phi) is 7.01. The summed E-state index contributed by atoms with van der Waals surface area (Å²) < 4.78 is 51.3. The van der Waals surface area contributed by atoms with Gasteiger partial charge < -0.3 is 25.6 Å². The largest absolute Gasteiger partial charge is 0.374 e. The molecule has 1 amide bonds. The molecule has 5 heterocycles. The number of ether oxygens (including phenoxy) is 1. The molecule has 0 unspecified atom stereocenters. The summed E-state index contributed by atoms with van der Waals surface area (Å²) in [6.07, 6.45) is 4.91. The summed E-state index contributed by atoms with van der Waals surface area (Å²) in [7, 11) is 1.77. The molecule has 0 radical (unpaired) electrons. The SMILES string of the molecule is CC(=O)N(C)[C@@H]1[C@H](N)CN(c2ccncc2Nc2ncc3ccc(-c4c(F)cc(C5(F)COC5)cc4F)nn23)C[C@@H]1C. The van der Waals surface area contributed by atoms with Gasteiger partial charge in [0.25, 0.3) is 0 Å². The highest BCUT2D eigenvalue weighted by Gasteiger charge is 2.42. The number of halogens is 3. The Morgan fingerprint density at radius 3 is 2.55 bits per heavy atom. The van der Waals surface area contributed by atoms with E-state index >= 15 is 8.78 Å². The van der Waals surface area contributed by atoms with Crippen LogP contribution < -0.4 is 16.0 Å². The number of fused-ring (bicyclic) bond motifs is 1. The molecular formula is C29H31F3N8O2. The van der Waals surface area contributed by atoms with E-state index in [1.54, 1.807) is 36.6 Å². The Labute approximate surface area is 240 Å². The molecule has 0 bridgehead atoms. The number of hydrogen-bond donors (Lipinski definition) is 2. The first kappa shape index (κ1) is 27.9. The summed E-state index contributed by atoms with van der Waals surface area (Å²) in [4.78, 5) is 24.5. The van der Waals surface area contributed by atoms with Gasteiger partial charge in [-0.3, -0.25) is 9.78 Å². The number of aromatic nitrogens is 4. The third-order valence-electron chi connectivity index (χ3n) is 8.15. The third-order valence-corrected chi connectivity index (χ3v) is 8.15. The number of benzene rings is 1. The van der Waals surface area contributed by atoms with E-state index in [4.69, 9.17) is 10.5 Å². The maximum Gasteiger partial charge on any atom is 0.229 e. The van der Waals surface area contributed by atoms with Gasteiger partial charge in [-0.25, -0.2) is 18.2 Å². The molecule has 6 rings (SSSR count). The molecular weight excluding hydrogens is 549 g/mol. The molecule has 2 fully saturated rings. The highest BCUT2D eigenvalue weighted by molar-refractivity contribution is 5.75. The molecule has 42 heavy (non-hydrogen) atoms. The zero-order chi connectivity index (χ0) is 29.8. The van der Waals surface area contributed by atoms with Crippen LogP contribution in [0.4, 0.5) is 30.5 Å². The molecule has 4 aromatic rings. The number of rotatable bonds is 6. The van der Waals surface area contributed by atoms with E-state index in [-0.39, 0.29) is 53.9 Å². The van der Waals surface area contributed by atoms with Crippen molar-refractivity contribution in [1.82, 2.24) is 24.5 Å². The first-order valence-electron chi connectivity index (χ1n) is 13.6. The smallest absolute Gasteiger partial charge is 0.229 e. The molecule has 0 saturated carbocycles. The van der Waals surface area contributed by atoms with Crippen LogP contribution in [0.2, 0.25) is 0 Å². The lowest BCUT2D eigenvalue weighted by Crippen LogP contribution is -2.62. The van der Waals surface area contributed by atoms with Gasteiger partial charge in [-0.15, -0.1) is 0 Å². The second-order valence-electron chi connectivity index (χ2n) is 11.1. The van der Waals surface area contributed by atoms with E-state index in [1.165, 1.54) is 17.5 Å². The molecule has 2 aliphatic rings. The zero-order valence-corrected chi connectivity index (χ0v) is 23.4. The number of nitrogens with zero attached hydrogens (tertiary/aromatic N) is 6. The van der Waals surface area contributed by atoms with Gasteiger partial charge in [0.1, 0.15) is 11.6 Å². The van der Waals surface area contributed by atoms with Crippen molar-refractivity contribution in [3.05, 3.63) is 66.1 Å². The van der Waals surface area contributed by atoms with E-state index in [0.717, 1.165) is 17.8 Å². The Balaban J connectivity index is 1.30. The number of carbonyl (C=O) groups is 1. The maximum atomic E-state index is 15.1. The molecule has 220 valence electrons.